The van der Waals surface area contributed by atoms with Gasteiger partial charge in [0.05, 0.1) is 0 Å². The SMILES string of the molecule is O=c1cccc2[nH]c(CC3CCCNC3)cc(=O)n12. The molecule has 5 heteroatoms. The summed E-state index contributed by atoms with van der Waals surface area (Å²) in [5.41, 5.74) is 0.936. The molecule has 2 N–H and O–H groups in total. The Balaban J connectivity index is 1.97. The van der Waals surface area contributed by atoms with Gasteiger partial charge in [-0.15, -0.1) is 0 Å². The Morgan fingerprint density at radius 2 is 2.16 bits per heavy atom. The van der Waals surface area contributed by atoms with Crippen molar-refractivity contribution < 1.29 is 0 Å². The Hall–Kier alpha value is -1.88. The number of aromatic amines is 1. The second-order valence-corrected chi connectivity index (χ2v) is 5.13. The summed E-state index contributed by atoms with van der Waals surface area (Å²) in [6.07, 6.45) is 3.21. The summed E-state index contributed by atoms with van der Waals surface area (Å²) in [4.78, 5) is 26.8. The van der Waals surface area contributed by atoms with E-state index in [1.807, 2.05) is 0 Å². The lowest BCUT2D eigenvalue weighted by atomic mass is 9.94. The molecule has 3 rings (SSSR count). The van der Waals surface area contributed by atoms with Crippen LogP contribution in [0.2, 0.25) is 0 Å². The zero-order chi connectivity index (χ0) is 13.2. The van der Waals surface area contributed by atoms with Gasteiger partial charge in [0.25, 0.3) is 11.1 Å². The molecular formula is C14H17N3O2. The first-order valence-electron chi connectivity index (χ1n) is 6.69. The number of hydrogen-bond donors (Lipinski definition) is 2. The van der Waals surface area contributed by atoms with Crippen LogP contribution in [0, 0.1) is 5.92 Å². The van der Waals surface area contributed by atoms with Gasteiger partial charge < -0.3 is 10.3 Å². The van der Waals surface area contributed by atoms with Gasteiger partial charge in [-0.1, -0.05) is 6.07 Å². The van der Waals surface area contributed by atoms with Gasteiger partial charge in [-0.05, 0) is 44.3 Å². The molecule has 1 aliphatic rings. The quantitative estimate of drug-likeness (QED) is 0.826. The predicted octanol–water partition coefficient (Wildman–Crippen LogP) is 0.530. The summed E-state index contributed by atoms with van der Waals surface area (Å²) in [6.45, 7) is 2.08. The first kappa shape index (κ1) is 12.2. The highest BCUT2D eigenvalue weighted by Gasteiger charge is 2.14. The number of fused-ring (bicyclic) bond motifs is 1. The number of rotatable bonds is 2. The van der Waals surface area contributed by atoms with E-state index >= 15 is 0 Å². The van der Waals surface area contributed by atoms with Gasteiger partial charge in [0.15, 0.2) is 0 Å². The number of hydrogen-bond acceptors (Lipinski definition) is 3. The minimum atomic E-state index is -0.287. The molecule has 1 saturated heterocycles. The molecule has 0 amide bonds. The summed E-state index contributed by atoms with van der Waals surface area (Å²) in [7, 11) is 0. The van der Waals surface area contributed by atoms with Gasteiger partial charge in [-0.2, -0.15) is 0 Å². The van der Waals surface area contributed by atoms with E-state index in [2.05, 4.69) is 10.3 Å². The molecule has 3 heterocycles. The molecule has 0 spiro atoms. The Morgan fingerprint density at radius 3 is 2.95 bits per heavy atom. The highest BCUT2D eigenvalue weighted by molar-refractivity contribution is 5.38. The molecule has 0 radical (unpaired) electrons. The molecule has 2 aromatic heterocycles. The van der Waals surface area contributed by atoms with Gasteiger partial charge in [-0.25, -0.2) is 4.40 Å². The summed E-state index contributed by atoms with van der Waals surface area (Å²) < 4.78 is 1.17. The zero-order valence-corrected chi connectivity index (χ0v) is 10.7. The van der Waals surface area contributed by atoms with E-state index in [1.165, 1.54) is 23.3 Å². The number of pyridine rings is 1. The Labute approximate surface area is 110 Å². The van der Waals surface area contributed by atoms with Crippen molar-refractivity contribution in [3.63, 3.8) is 0 Å². The van der Waals surface area contributed by atoms with Gasteiger partial charge in [-0.3, -0.25) is 9.59 Å². The van der Waals surface area contributed by atoms with Gasteiger partial charge in [0, 0.05) is 17.8 Å². The molecule has 19 heavy (non-hydrogen) atoms. The van der Waals surface area contributed by atoms with Crippen molar-refractivity contribution in [2.75, 3.05) is 13.1 Å². The molecule has 100 valence electrons. The number of H-pyrrole nitrogens is 1. The Kier molecular flexibility index (Phi) is 3.21. The second-order valence-electron chi connectivity index (χ2n) is 5.13. The monoisotopic (exact) mass is 259 g/mol. The molecule has 5 nitrogen and oxygen atoms in total. The number of aromatic nitrogens is 2. The van der Waals surface area contributed by atoms with Crippen LogP contribution in [-0.4, -0.2) is 22.5 Å². The third-order valence-electron chi connectivity index (χ3n) is 3.67. The van der Waals surface area contributed by atoms with E-state index in [4.69, 9.17) is 0 Å². The molecule has 0 aromatic carbocycles. The third-order valence-corrected chi connectivity index (χ3v) is 3.67. The molecule has 1 fully saturated rings. The highest BCUT2D eigenvalue weighted by atomic mass is 16.2. The van der Waals surface area contributed by atoms with Crippen LogP contribution in [-0.2, 0) is 6.42 Å². The predicted molar refractivity (Wildman–Crippen MR) is 73.6 cm³/mol. The van der Waals surface area contributed by atoms with Crippen molar-refractivity contribution in [2.45, 2.75) is 19.3 Å². The van der Waals surface area contributed by atoms with Crippen molar-refractivity contribution in [1.29, 1.82) is 0 Å². The molecule has 1 aliphatic heterocycles. The van der Waals surface area contributed by atoms with Crippen LogP contribution in [0.3, 0.4) is 0 Å². The average molecular weight is 259 g/mol. The summed E-state index contributed by atoms with van der Waals surface area (Å²) in [5, 5.41) is 3.37. The van der Waals surface area contributed by atoms with Gasteiger partial charge in [0.1, 0.15) is 5.65 Å². The van der Waals surface area contributed by atoms with Crippen LogP contribution < -0.4 is 16.4 Å². The minimum Gasteiger partial charge on any atom is -0.345 e. The molecule has 0 aliphatic carbocycles. The summed E-state index contributed by atoms with van der Waals surface area (Å²) in [6, 6.07) is 6.36. The van der Waals surface area contributed by atoms with E-state index in [0.29, 0.717) is 11.6 Å². The molecule has 0 bridgehead atoms. The first-order chi connectivity index (χ1) is 9.24. The molecule has 0 saturated carbocycles. The maximum Gasteiger partial charge on any atom is 0.260 e. The van der Waals surface area contributed by atoms with Crippen molar-refractivity contribution >= 4 is 5.65 Å². The third kappa shape index (κ3) is 2.46. The van der Waals surface area contributed by atoms with E-state index < -0.39 is 0 Å². The van der Waals surface area contributed by atoms with Crippen LogP contribution in [0.1, 0.15) is 18.5 Å². The fraction of sp³-hybridized carbons (Fsp3) is 0.429. The fourth-order valence-electron chi connectivity index (χ4n) is 2.75. The zero-order valence-electron chi connectivity index (χ0n) is 10.7. The fourth-order valence-corrected chi connectivity index (χ4v) is 2.75. The van der Waals surface area contributed by atoms with Crippen LogP contribution in [0.25, 0.3) is 5.65 Å². The van der Waals surface area contributed by atoms with Crippen LogP contribution in [0.4, 0.5) is 0 Å². The number of nitrogens with one attached hydrogen (secondary N) is 2. The highest BCUT2D eigenvalue weighted by Crippen LogP contribution is 2.14. The van der Waals surface area contributed by atoms with Gasteiger partial charge >= 0.3 is 0 Å². The van der Waals surface area contributed by atoms with E-state index in [1.54, 1.807) is 18.2 Å². The molecule has 2 aromatic rings. The topological polar surface area (TPSA) is 66.4 Å². The lowest BCUT2D eigenvalue weighted by Crippen LogP contribution is -2.32. The summed E-state index contributed by atoms with van der Waals surface area (Å²) >= 11 is 0. The van der Waals surface area contributed by atoms with E-state index in [-0.39, 0.29) is 11.1 Å². The number of nitrogens with zero attached hydrogens (tertiary/aromatic N) is 1. The van der Waals surface area contributed by atoms with Gasteiger partial charge in [0.2, 0.25) is 0 Å². The summed E-state index contributed by atoms with van der Waals surface area (Å²) in [5.74, 6) is 0.558. The standard InChI is InChI=1S/C14H17N3O2/c18-13-5-1-4-12-16-11(8-14(19)17(12)13)7-10-3-2-6-15-9-10/h1,4-5,8,10,15-16H,2-3,6-7,9H2. The van der Waals surface area contributed by atoms with Crippen LogP contribution >= 0.6 is 0 Å². The molecule has 1 unspecified atom stereocenters. The lowest BCUT2D eigenvalue weighted by Gasteiger charge is -2.22. The largest absolute Gasteiger partial charge is 0.345 e. The van der Waals surface area contributed by atoms with E-state index in [9.17, 15) is 9.59 Å². The van der Waals surface area contributed by atoms with Crippen molar-refractivity contribution in [1.82, 2.24) is 14.7 Å². The Bertz CT molecular complexity index is 696. The lowest BCUT2D eigenvalue weighted by molar-refractivity contribution is 0.373. The van der Waals surface area contributed by atoms with Crippen LogP contribution in [0.15, 0.2) is 33.9 Å². The van der Waals surface area contributed by atoms with Crippen LogP contribution in [0.5, 0.6) is 0 Å². The maximum absolute atomic E-state index is 12.0. The number of piperidine rings is 1. The maximum atomic E-state index is 12.0. The van der Waals surface area contributed by atoms with Crippen molar-refractivity contribution in [2.24, 2.45) is 5.92 Å². The van der Waals surface area contributed by atoms with Crippen molar-refractivity contribution in [3.8, 4) is 0 Å². The smallest absolute Gasteiger partial charge is 0.260 e. The second kappa shape index (κ2) is 5.01. The molecule has 1 atom stereocenters. The Morgan fingerprint density at radius 1 is 1.26 bits per heavy atom. The van der Waals surface area contributed by atoms with E-state index in [0.717, 1.165) is 25.2 Å². The molecular weight excluding hydrogens is 242 g/mol. The minimum absolute atomic E-state index is 0.252. The first-order valence-corrected chi connectivity index (χ1v) is 6.69. The normalized spacial score (nSPS) is 19.7. The average Bonchev–Trinajstić information content (AvgIpc) is 2.39. The van der Waals surface area contributed by atoms with Crippen molar-refractivity contribution in [3.05, 3.63) is 50.7 Å².